The van der Waals surface area contributed by atoms with Gasteiger partial charge < -0.3 is 9.88 Å². The van der Waals surface area contributed by atoms with Crippen molar-refractivity contribution in [2.24, 2.45) is 0 Å². The molecule has 174 valence electrons. The van der Waals surface area contributed by atoms with Crippen molar-refractivity contribution in [3.8, 4) is 0 Å². The first-order valence-corrected chi connectivity index (χ1v) is 12.7. The zero-order valence-corrected chi connectivity index (χ0v) is 19.8. The van der Waals surface area contributed by atoms with Crippen LogP contribution in [0.1, 0.15) is 27.3 Å². The van der Waals surface area contributed by atoms with Crippen LogP contribution in [0.15, 0.2) is 77.7 Å². The van der Waals surface area contributed by atoms with Gasteiger partial charge in [0.1, 0.15) is 5.82 Å². The average Bonchev–Trinajstić information content (AvgIpc) is 3.18. The third-order valence-electron chi connectivity index (χ3n) is 6.30. The van der Waals surface area contributed by atoms with Gasteiger partial charge in [-0.3, -0.25) is 4.79 Å². The van der Waals surface area contributed by atoms with Gasteiger partial charge in [0.15, 0.2) is 0 Å². The van der Waals surface area contributed by atoms with Gasteiger partial charge in [0.25, 0.3) is 5.91 Å². The third kappa shape index (κ3) is 4.22. The predicted molar refractivity (Wildman–Crippen MR) is 131 cm³/mol. The van der Waals surface area contributed by atoms with Gasteiger partial charge in [-0.2, -0.15) is 4.31 Å². The van der Waals surface area contributed by atoms with E-state index in [1.54, 1.807) is 18.2 Å². The first kappa shape index (κ1) is 22.3. The van der Waals surface area contributed by atoms with Crippen LogP contribution in [0.4, 0.5) is 0 Å². The molecule has 0 saturated heterocycles. The lowest BCUT2D eigenvalue weighted by atomic mass is 10.0. The molecule has 1 aromatic heterocycles. The van der Waals surface area contributed by atoms with Crippen LogP contribution in [0.2, 0.25) is 0 Å². The monoisotopic (exact) mass is 474 g/mol. The third-order valence-corrected chi connectivity index (χ3v) is 8.14. The second-order valence-electron chi connectivity index (χ2n) is 8.44. The molecular formula is C26H26N4O3S. The highest BCUT2D eigenvalue weighted by atomic mass is 32.2. The van der Waals surface area contributed by atoms with E-state index in [1.807, 2.05) is 55.5 Å². The SMILES string of the molecule is Cc1nc2ccccc2n1CCNC(=O)c1cccc(S(=O)(=O)N2CCc3ccccc3C2)c1. The van der Waals surface area contributed by atoms with E-state index in [9.17, 15) is 13.2 Å². The molecule has 1 N–H and O–H groups in total. The molecule has 0 aliphatic carbocycles. The number of hydrogen-bond donors (Lipinski definition) is 1. The van der Waals surface area contributed by atoms with Crippen LogP contribution >= 0.6 is 0 Å². The van der Waals surface area contributed by atoms with E-state index in [-0.39, 0.29) is 10.8 Å². The number of carbonyl (C=O) groups is 1. The van der Waals surface area contributed by atoms with E-state index < -0.39 is 10.0 Å². The number of aryl methyl sites for hydroxylation is 1. The Kier molecular flexibility index (Phi) is 5.93. The molecule has 0 saturated carbocycles. The lowest BCUT2D eigenvalue weighted by molar-refractivity contribution is 0.0952. The number of fused-ring (bicyclic) bond motifs is 2. The Labute approximate surface area is 199 Å². The highest BCUT2D eigenvalue weighted by Crippen LogP contribution is 2.25. The van der Waals surface area contributed by atoms with Crippen LogP contribution in [0.3, 0.4) is 0 Å². The number of sulfonamides is 1. The van der Waals surface area contributed by atoms with E-state index in [0.29, 0.717) is 38.2 Å². The second kappa shape index (κ2) is 9.04. The molecule has 34 heavy (non-hydrogen) atoms. The standard InChI is InChI=1S/C26H26N4O3S/c1-19-28-24-11-4-5-12-25(24)30(19)16-14-27-26(31)21-9-6-10-23(17-21)34(32,33)29-15-13-20-7-2-3-8-22(20)18-29/h2-12,17H,13-16,18H2,1H3,(H,27,31). The summed E-state index contributed by atoms with van der Waals surface area (Å²) in [4.78, 5) is 17.5. The molecule has 5 rings (SSSR count). The number of rotatable bonds is 6. The van der Waals surface area contributed by atoms with Gasteiger partial charge in [0, 0.05) is 31.7 Å². The molecule has 0 unspecified atom stereocenters. The van der Waals surface area contributed by atoms with Crippen molar-refractivity contribution < 1.29 is 13.2 Å². The van der Waals surface area contributed by atoms with E-state index in [4.69, 9.17) is 0 Å². The largest absolute Gasteiger partial charge is 0.350 e. The number of aromatic nitrogens is 2. The number of imidazole rings is 1. The summed E-state index contributed by atoms with van der Waals surface area (Å²) in [5.74, 6) is 0.578. The van der Waals surface area contributed by atoms with Crippen molar-refractivity contribution in [2.75, 3.05) is 13.1 Å². The van der Waals surface area contributed by atoms with Crippen molar-refractivity contribution in [1.29, 1.82) is 0 Å². The van der Waals surface area contributed by atoms with Crippen molar-refractivity contribution >= 4 is 27.0 Å². The molecule has 0 radical (unpaired) electrons. The molecule has 3 aromatic carbocycles. The van der Waals surface area contributed by atoms with E-state index in [2.05, 4.69) is 14.9 Å². The first-order chi connectivity index (χ1) is 16.4. The summed E-state index contributed by atoms with van der Waals surface area (Å²) in [5, 5.41) is 2.90. The number of nitrogens with zero attached hydrogens (tertiary/aromatic N) is 3. The minimum absolute atomic E-state index is 0.135. The van der Waals surface area contributed by atoms with Gasteiger partial charge in [-0.1, -0.05) is 42.5 Å². The molecular weight excluding hydrogens is 448 g/mol. The highest BCUT2D eigenvalue weighted by molar-refractivity contribution is 7.89. The average molecular weight is 475 g/mol. The summed E-state index contributed by atoms with van der Waals surface area (Å²) in [6.45, 7) is 3.68. The molecule has 1 aliphatic heterocycles. The lowest BCUT2D eigenvalue weighted by Crippen LogP contribution is -2.36. The van der Waals surface area contributed by atoms with Gasteiger partial charge in [-0.25, -0.2) is 13.4 Å². The van der Waals surface area contributed by atoms with Crippen LogP contribution in [0, 0.1) is 6.92 Å². The first-order valence-electron chi connectivity index (χ1n) is 11.3. The number of carbonyl (C=O) groups excluding carboxylic acids is 1. The van der Waals surface area contributed by atoms with E-state index in [0.717, 1.165) is 22.4 Å². The van der Waals surface area contributed by atoms with E-state index >= 15 is 0 Å². The van der Waals surface area contributed by atoms with Crippen molar-refractivity contribution in [3.05, 3.63) is 95.3 Å². The molecule has 0 spiro atoms. The van der Waals surface area contributed by atoms with Crippen LogP contribution in [0.5, 0.6) is 0 Å². The number of amides is 1. The molecule has 8 heteroatoms. The number of nitrogens with one attached hydrogen (secondary N) is 1. The maximum Gasteiger partial charge on any atom is 0.251 e. The van der Waals surface area contributed by atoms with Crippen molar-refractivity contribution in [3.63, 3.8) is 0 Å². The van der Waals surface area contributed by atoms with Crippen molar-refractivity contribution in [2.45, 2.75) is 31.3 Å². The zero-order valence-electron chi connectivity index (χ0n) is 18.9. The molecule has 1 aliphatic rings. The van der Waals surface area contributed by atoms with Crippen LogP contribution < -0.4 is 5.32 Å². The molecule has 2 heterocycles. The fourth-order valence-electron chi connectivity index (χ4n) is 4.48. The van der Waals surface area contributed by atoms with Crippen LogP contribution in [0.25, 0.3) is 11.0 Å². The Morgan fingerprint density at radius 2 is 1.76 bits per heavy atom. The van der Waals surface area contributed by atoms with Crippen LogP contribution in [-0.2, 0) is 29.5 Å². The molecule has 0 atom stereocenters. The smallest absolute Gasteiger partial charge is 0.251 e. The summed E-state index contributed by atoms with van der Waals surface area (Å²) in [5.41, 5.74) is 4.47. The minimum Gasteiger partial charge on any atom is -0.350 e. The Balaban J connectivity index is 1.28. The summed E-state index contributed by atoms with van der Waals surface area (Å²) in [6, 6.07) is 22.0. The van der Waals surface area contributed by atoms with Crippen LogP contribution in [-0.4, -0.2) is 41.3 Å². The Morgan fingerprint density at radius 3 is 2.62 bits per heavy atom. The van der Waals surface area contributed by atoms with Gasteiger partial charge in [-0.15, -0.1) is 0 Å². The Morgan fingerprint density at radius 1 is 1.00 bits per heavy atom. The fraction of sp³-hybridized carbons (Fsp3) is 0.231. The summed E-state index contributed by atoms with van der Waals surface area (Å²) in [7, 11) is -3.71. The molecule has 0 fully saturated rings. The molecule has 0 bridgehead atoms. The van der Waals surface area contributed by atoms with Gasteiger partial charge in [-0.05, 0) is 54.8 Å². The summed E-state index contributed by atoms with van der Waals surface area (Å²) >= 11 is 0. The number of benzene rings is 3. The second-order valence-corrected chi connectivity index (χ2v) is 10.4. The maximum atomic E-state index is 13.3. The summed E-state index contributed by atoms with van der Waals surface area (Å²) < 4.78 is 30.1. The number of para-hydroxylation sites is 2. The minimum atomic E-state index is -3.71. The lowest BCUT2D eigenvalue weighted by Gasteiger charge is -2.28. The van der Waals surface area contributed by atoms with E-state index in [1.165, 1.54) is 15.9 Å². The number of hydrogen-bond acceptors (Lipinski definition) is 4. The van der Waals surface area contributed by atoms with Gasteiger partial charge in [0.05, 0.1) is 15.9 Å². The predicted octanol–water partition coefficient (Wildman–Crippen LogP) is 3.52. The molecule has 4 aromatic rings. The van der Waals surface area contributed by atoms with Gasteiger partial charge >= 0.3 is 0 Å². The topological polar surface area (TPSA) is 84.3 Å². The normalized spacial score (nSPS) is 14.1. The van der Waals surface area contributed by atoms with Crippen molar-refractivity contribution in [1.82, 2.24) is 19.2 Å². The summed E-state index contributed by atoms with van der Waals surface area (Å²) in [6.07, 6.45) is 0.679. The Hall–Kier alpha value is -3.49. The van der Waals surface area contributed by atoms with Gasteiger partial charge in [0.2, 0.25) is 10.0 Å². The molecule has 7 nitrogen and oxygen atoms in total. The Bertz CT molecular complexity index is 1480. The molecule has 1 amide bonds. The maximum absolute atomic E-state index is 13.3. The highest BCUT2D eigenvalue weighted by Gasteiger charge is 2.28. The zero-order chi connectivity index (χ0) is 23.7. The quantitative estimate of drug-likeness (QED) is 0.463. The fourth-order valence-corrected chi connectivity index (χ4v) is 5.95.